The van der Waals surface area contributed by atoms with Crippen LogP contribution in [0.15, 0.2) is 24.3 Å². The fourth-order valence-corrected chi connectivity index (χ4v) is 4.75. The van der Waals surface area contributed by atoms with Gasteiger partial charge in [-0.2, -0.15) is 0 Å². The van der Waals surface area contributed by atoms with Crippen LogP contribution in [0.4, 0.5) is 0 Å². The lowest BCUT2D eigenvalue weighted by Crippen LogP contribution is -2.59. The summed E-state index contributed by atoms with van der Waals surface area (Å²) >= 11 is 0. The van der Waals surface area contributed by atoms with Crippen molar-refractivity contribution in [3.8, 4) is 0 Å². The third kappa shape index (κ3) is 2.82. The summed E-state index contributed by atoms with van der Waals surface area (Å²) in [5.41, 5.74) is 2.67. The molecule has 1 aromatic carbocycles. The first-order valence-corrected chi connectivity index (χ1v) is 9.36. The molecule has 1 aliphatic rings. The zero-order chi connectivity index (χ0) is 13.2. The summed E-state index contributed by atoms with van der Waals surface area (Å²) in [7, 11) is -1.83. The highest BCUT2D eigenvalue weighted by atomic mass is 28.4. The maximum absolute atomic E-state index is 11.3. The Kier molecular flexibility index (Phi) is 3.87. The summed E-state index contributed by atoms with van der Waals surface area (Å²) in [5.74, 6) is 0.0481. The van der Waals surface area contributed by atoms with Gasteiger partial charge in [0.05, 0.1) is 6.54 Å². The molecule has 1 fully saturated rings. The molecule has 3 nitrogen and oxygen atoms in total. The Bertz CT molecular complexity index is 449. The first kappa shape index (κ1) is 13.3. The number of carbonyl (C=O) groups is 1. The van der Waals surface area contributed by atoms with E-state index in [0.717, 1.165) is 12.1 Å². The largest absolute Gasteiger partial charge is 0.403 e. The SMILES string of the molecule is CC[Si](C)(Cc1ccccc1C)OC1CNC1=O. The molecule has 0 bridgehead atoms. The second-order valence-corrected chi connectivity index (χ2v) is 9.45. The molecule has 2 atom stereocenters. The number of amides is 1. The van der Waals surface area contributed by atoms with Gasteiger partial charge in [-0.25, -0.2) is 0 Å². The summed E-state index contributed by atoms with van der Waals surface area (Å²) < 4.78 is 6.12. The van der Waals surface area contributed by atoms with E-state index < -0.39 is 8.32 Å². The summed E-state index contributed by atoms with van der Waals surface area (Å²) in [5, 5.41) is 2.74. The maximum atomic E-state index is 11.3. The Morgan fingerprint density at radius 1 is 1.44 bits per heavy atom. The lowest BCUT2D eigenvalue weighted by Gasteiger charge is -2.35. The summed E-state index contributed by atoms with van der Waals surface area (Å²) in [6.07, 6.45) is -0.203. The van der Waals surface area contributed by atoms with Crippen molar-refractivity contribution in [2.45, 2.75) is 38.6 Å². The lowest BCUT2D eigenvalue weighted by molar-refractivity contribution is -0.135. The van der Waals surface area contributed by atoms with E-state index in [2.05, 4.69) is 50.0 Å². The van der Waals surface area contributed by atoms with Gasteiger partial charge in [-0.3, -0.25) is 4.79 Å². The molecule has 0 aromatic heterocycles. The highest BCUT2D eigenvalue weighted by molar-refractivity contribution is 6.72. The van der Waals surface area contributed by atoms with Crippen LogP contribution >= 0.6 is 0 Å². The molecule has 0 spiro atoms. The van der Waals surface area contributed by atoms with Crippen LogP contribution in [0.3, 0.4) is 0 Å². The van der Waals surface area contributed by atoms with E-state index in [9.17, 15) is 4.79 Å². The zero-order valence-electron chi connectivity index (χ0n) is 11.3. The van der Waals surface area contributed by atoms with Crippen molar-refractivity contribution in [3.63, 3.8) is 0 Å². The Morgan fingerprint density at radius 3 is 2.67 bits per heavy atom. The molecule has 0 aliphatic carbocycles. The smallest absolute Gasteiger partial charge is 0.249 e. The van der Waals surface area contributed by atoms with Gasteiger partial charge in [0, 0.05) is 0 Å². The average molecular weight is 263 g/mol. The third-order valence-corrected chi connectivity index (χ3v) is 7.23. The molecule has 4 heteroatoms. The highest BCUT2D eigenvalue weighted by Gasteiger charge is 2.37. The fraction of sp³-hybridized carbons (Fsp3) is 0.500. The quantitative estimate of drug-likeness (QED) is 0.653. The molecular weight excluding hydrogens is 242 g/mol. The molecule has 1 aliphatic heterocycles. The van der Waals surface area contributed by atoms with Gasteiger partial charge in [0.2, 0.25) is 5.91 Å². The van der Waals surface area contributed by atoms with Crippen molar-refractivity contribution in [3.05, 3.63) is 35.4 Å². The van der Waals surface area contributed by atoms with Gasteiger partial charge in [0.25, 0.3) is 0 Å². The van der Waals surface area contributed by atoms with E-state index in [0.29, 0.717) is 6.54 Å². The standard InChI is InChI=1S/C14H21NO2Si/c1-4-18(3,17-13-9-15-14(13)16)10-12-8-6-5-7-11(12)2/h5-8,13H,4,9-10H2,1-3H3,(H,15,16). The van der Waals surface area contributed by atoms with E-state index in [1.54, 1.807) is 0 Å². The van der Waals surface area contributed by atoms with Crippen LogP contribution in [0.25, 0.3) is 0 Å². The second kappa shape index (κ2) is 5.24. The van der Waals surface area contributed by atoms with Crippen LogP contribution in [0.5, 0.6) is 0 Å². The van der Waals surface area contributed by atoms with Crippen molar-refractivity contribution < 1.29 is 9.22 Å². The molecule has 98 valence electrons. The van der Waals surface area contributed by atoms with Crippen LogP contribution < -0.4 is 5.32 Å². The van der Waals surface area contributed by atoms with Gasteiger partial charge >= 0.3 is 0 Å². The molecule has 1 heterocycles. The van der Waals surface area contributed by atoms with Gasteiger partial charge in [-0.05, 0) is 36.7 Å². The molecular formula is C14H21NO2Si. The van der Waals surface area contributed by atoms with Crippen molar-refractivity contribution in [2.24, 2.45) is 0 Å². The minimum absolute atomic E-state index is 0.0481. The summed E-state index contributed by atoms with van der Waals surface area (Å²) in [6.45, 7) is 7.21. The molecule has 1 saturated heterocycles. The number of rotatable bonds is 5. The van der Waals surface area contributed by atoms with Gasteiger partial charge in [-0.15, -0.1) is 0 Å². The number of β-lactam (4-membered cyclic amide) rings is 1. The average Bonchev–Trinajstić information content (AvgIpc) is 2.37. The monoisotopic (exact) mass is 263 g/mol. The van der Waals surface area contributed by atoms with Crippen molar-refractivity contribution in [2.75, 3.05) is 6.54 Å². The topological polar surface area (TPSA) is 38.3 Å². The van der Waals surface area contributed by atoms with Crippen LogP contribution in [0.2, 0.25) is 12.6 Å². The zero-order valence-corrected chi connectivity index (χ0v) is 12.3. The number of benzene rings is 1. The molecule has 1 N–H and O–H groups in total. The first-order valence-electron chi connectivity index (χ1n) is 6.54. The number of hydrogen-bond acceptors (Lipinski definition) is 2. The normalized spacial score (nSPS) is 21.9. The molecule has 0 radical (unpaired) electrons. The summed E-state index contributed by atoms with van der Waals surface area (Å²) in [4.78, 5) is 11.3. The minimum atomic E-state index is -1.83. The number of carbonyl (C=O) groups excluding carboxylic acids is 1. The van der Waals surface area contributed by atoms with Crippen LogP contribution in [0, 0.1) is 6.92 Å². The van der Waals surface area contributed by atoms with Crippen LogP contribution in [-0.2, 0) is 15.3 Å². The number of nitrogens with one attached hydrogen (secondary N) is 1. The van der Waals surface area contributed by atoms with Crippen LogP contribution in [0.1, 0.15) is 18.1 Å². The lowest BCUT2D eigenvalue weighted by atomic mass is 10.1. The third-order valence-electron chi connectivity index (χ3n) is 3.75. The van der Waals surface area contributed by atoms with Gasteiger partial charge in [0.1, 0.15) is 6.10 Å². The number of aryl methyl sites for hydroxylation is 1. The Hall–Kier alpha value is -1.13. The van der Waals surface area contributed by atoms with Crippen molar-refractivity contribution >= 4 is 14.2 Å². The molecule has 2 unspecified atom stereocenters. The molecule has 2 rings (SSSR count). The first-order chi connectivity index (χ1) is 8.54. The minimum Gasteiger partial charge on any atom is -0.403 e. The molecule has 18 heavy (non-hydrogen) atoms. The van der Waals surface area contributed by atoms with E-state index >= 15 is 0 Å². The second-order valence-electron chi connectivity index (χ2n) is 5.26. The molecule has 0 saturated carbocycles. The predicted molar refractivity (Wildman–Crippen MR) is 74.9 cm³/mol. The maximum Gasteiger partial charge on any atom is 0.249 e. The fourth-order valence-electron chi connectivity index (χ4n) is 2.17. The Labute approximate surface area is 110 Å². The van der Waals surface area contributed by atoms with E-state index in [1.165, 1.54) is 11.1 Å². The van der Waals surface area contributed by atoms with E-state index in [-0.39, 0.29) is 12.0 Å². The van der Waals surface area contributed by atoms with Crippen molar-refractivity contribution in [1.29, 1.82) is 0 Å². The Morgan fingerprint density at radius 2 is 2.17 bits per heavy atom. The van der Waals surface area contributed by atoms with Crippen LogP contribution in [-0.4, -0.2) is 26.9 Å². The predicted octanol–water partition coefficient (Wildman–Crippen LogP) is 2.19. The number of hydrogen-bond donors (Lipinski definition) is 1. The Balaban J connectivity index is 2.07. The van der Waals surface area contributed by atoms with Crippen molar-refractivity contribution in [1.82, 2.24) is 5.32 Å². The van der Waals surface area contributed by atoms with Gasteiger partial charge < -0.3 is 9.74 Å². The van der Waals surface area contributed by atoms with E-state index in [1.807, 2.05) is 0 Å². The van der Waals surface area contributed by atoms with E-state index in [4.69, 9.17) is 4.43 Å². The molecule has 1 aromatic rings. The van der Waals surface area contributed by atoms with Gasteiger partial charge in [-0.1, -0.05) is 31.2 Å². The summed E-state index contributed by atoms with van der Waals surface area (Å²) in [6, 6.07) is 10.5. The highest BCUT2D eigenvalue weighted by Crippen LogP contribution is 2.22. The molecule has 1 amide bonds. The van der Waals surface area contributed by atoms with Gasteiger partial charge in [0.15, 0.2) is 8.32 Å².